The molecule has 2 aromatic carbocycles. The van der Waals surface area contributed by atoms with Crippen molar-refractivity contribution in [2.75, 3.05) is 44.7 Å². The van der Waals surface area contributed by atoms with Crippen molar-refractivity contribution in [2.45, 2.75) is 190 Å². The molecule has 530 valence electrons. The molecule has 22 N–H and O–H groups in total. The maximum absolute atomic E-state index is 14.7. The second kappa shape index (κ2) is 40.5. The quantitative estimate of drug-likeness (QED) is 0.0176. The lowest BCUT2D eigenvalue weighted by atomic mass is 9.89. The second-order valence-electron chi connectivity index (χ2n) is 24.8. The molecule has 2 aromatic rings. The van der Waals surface area contributed by atoms with Crippen LogP contribution in [-0.2, 0) is 75.2 Å². The summed E-state index contributed by atoms with van der Waals surface area (Å²) < 4.78 is 0. The summed E-state index contributed by atoms with van der Waals surface area (Å²) in [7, 11) is 0. The SMILES string of the molecule is CSCC[C@H](NC(=O)[C@](C)(CC(C)C)NC(=O)CNC(=O)[C@H](Cc1ccccc1)NC(=O)[C@H](Cc1ccccc1)NC(=O)[C@H](CCC(N)=O)NC(=O)[C@H](CCC(N)=O)NC(=O)[C@@H]1CCCN1C(=O)[C@H](CCCCN)NC(=O)[C@@H]1CCCN1C(=O)[C@@H](N)CCCN=C(N)N)C(N)=O. The number of carbonyl (C=O) groups is 13. The Morgan fingerprint density at radius 2 is 1.07 bits per heavy atom. The number of thioether (sulfide) groups is 1. The molecule has 0 spiro atoms. The topological polar surface area (TPSA) is 519 Å². The maximum atomic E-state index is 14.7. The molecule has 2 fully saturated rings. The van der Waals surface area contributed by atoms with Gasteiger partial charge in [-0.2, -0.15) is 11.8 Å². The van der Waals surface area contributed by atoms with E-state index in [0.29, 0.717) is 55.4 Å². The molecule has 2 saturated heterocycles. The summed E-state index contributed by atoms with van der Waals surface area (Å²) in [6.07, 6.45) is 3.06. The van der Waals surface area contributed by atoms with Gasteiger partial charge in [-0.25, -0.2) is 0 Å². The third-order valence-corrected chi connectivity index (χ3v) is 17.0. The van der Waals surface area contributed by atoms with E-state index < -0.39 is 169 Å². The highest BCUT2D eigenvalue weighted by Gasteiger charge is 2.43. The van der Waals surface area contributed by atoms with E-state index in [2.05, 4.69) is 47.5 Å². The normalized spacial score (nSPS) is 17.1. The van der Waals surface area contributed by atoms with Crippen LogP contribution in [0.5, 0.6) is 0 Å². The Labute approximate surface area is 564 Å². The molecule has 0 saturated carbocycles. The summed E-state index contributed by atoms with van der Waals surface area (Å²) in [5, 5.41) is 21.3. The van der Waals surface area contributed by atoms with Crippen molar-refractivity contribution in [3.05, 3.63) is 71.8 Å². The fourth-order valence-corrected chi connectivity index (χ4v) is 12.0. The van der Waals surface area contributed by atoms with Crippen LogP contribution in [0.2, 0.25) is 0 Å². The van der Waals surface area contributed by atoms with Crippen molar-refractivity contribution in [3.8, 4) is 0 Å². The van der Waals surface area contributed by atoms with E-state index in [4.69, 9.17) is 40.1 Å². The molecule has 2 aliphatic heterocycles. The first-order chi connectivity index (χ1) is 45.6. The fourth-order valence-electron chi connectivity index (χ4n) is 11.5. The molecule has 2 aliphatic rings. The van der Waals surface area contributed by atoms with Gasteiger partial charge in [0.05, 0.1) is 12.6 Å². The van der Waals surface area contributed by atoms with Gasteiger partial charge in [-0.05, 0) is 126 Å². The van der Waals surface area contributed by atoms with Crippen molar-refractivity contribution in [3.63, 3.8) is 0 Å². The first-order valence-electron chi connectivity index (χ1n) is 32.5. The minimum atomic E-state index is -1.65. The van der Waals surface area contributed by atoms with Gasteiger partial charge in [0.25, 0.3) is 0 Å². The largest absolute Gasteiger partial charge is 0.370 e. The molecule has 4 rings (SSSR count). The molecule has 13 amide bonds. The molecule has 0 radical (unpaired) electrons. The van der Waals surface area contributed by atoms with Crippen LogP contribution in [0, 0.1) is 5.92 Å². The molecule has 0 aliphatic carbocycles. The minimum Gasteiger partial charge on any atom is -0.370 e. The molecular weight excluding hydrogens is 1260 g/mol. The van der Waals surface area contributed by atoms with E-state index in [0.717, 1.165) is 0 Å². The number of nitrogens with zero attached hydrogens (tertiary/aromatic N) is 3. The van der Waals surface area contributed by atoms with E-state index in [1.807, 2.05) is 20.1 Å². The average molecular weight is 1360 g/mol. The van der Waals surface area contributed by atoms with Gasteiger partial charge in [-0.3, -0.25) is 67.3 Å². The van der Waals surface area contributed by atoms with E-state index in [1.165, 1.54) is 28.5 Å². The summed E-state index contributed by atoms with van der Waals surface area (Å²) in [4.78, 5) is 186. The van der Waals surface area contributed by atoms with Crippen LogP contribution in [0.15, 0.2) is 65.7 Å². The summed E-state index contributed by atoms with van der Waals surface area (Å²) in [5.41, 5.74) is 39.1. The molecule has 0 bridgehead atoms. The second-order valence-corrected chi connectivity index (χ2v) is 25.8. The standard InChI is InChI=1S/C64H100N18O13S/c1-38(2)36-64(3,62(95)79-42(53(69)86)28-33-96-4)80-52(85)37-73-54(87)46(34-39-16-7-5-8-17-39)77-57(90)47(35-40-18-9-6-10-19-40)78-56(89)43(24-26-50(67)83)74-55(88)44(25-27-51(68)84)75-58(91)49-23-15-32-82(49)61(94)45(21-11-12-29-65)76-59(92)48-22-14-31-81(48)60(93)41(66)20-13-30-72-63(70)71/h5-10,16-19,38,41-49H,11-15,20-37,65-66H2,1-4H3,(H2,67,83)(H2,68,84)(H2,69,86)(H,73,87)(H,74,88)(H,75,91)(H,76,92)(H,77,90)(H,78,89)(H,79,95)(H,80,85)(H4,70,71,72)/t41-,42-,43-,44-,45-,46-,47-,48-,49-,64-/m0/s1. The van der Waals surface area contributed by atoms with Gasteiger partial charge in [0.2, 0.25) is 76.8 Å². The predicted octanol–water partition coefficient (Wildman–Crippen LogP) is -3.32. The smallest absolute Gasteiger partial charge is 0.246 e. The van der Waals surface area contributed by atoms with Crippen molar-refractivity contribution in [1.29, 1.82) is 0 Å². The zero-order valence-corrected chi connectivity index (χ0v) is 56.2. The lowest BCUT2D eigenvalue weighted by molar-refractivity contribution is -0.144. The van der Waals surface area contributed by atoms with E-state index in [1.54, 1.807) is 60.7 Å². The van der Waals surface area contributed by atoms with E-state index >= 15 is 0 Å². The number of guanidine groups is 1. The zero-order chi connectivity index (χ0) is 71.1. The van der Waals surface area contributed by atoms with Gasteiger partial charge < -0.3 is 92.5 Å². The molecule has 0 aromatic heterocycles. The fraction of sp³-hybridized carbons (Fsp3) is 0.594. The Morgan fingerprint density at radius 1 is 0.583 bits per heavy atom. The van der Waals surface area contributed by atoms with Crippen LogP contribution < -0.4 is 82.7 Å². The van der Waals surface area contributed by atoms with Crippen LogP contribution in [0.3, 0.4) is 0 Å². The predicted molar refractivity (Wildman–Crippen MR) is 360 cm³/mol. The number of hydrogen-bond donors (Lipinski definition) is 15. The number of amides is 13. The Balaban J connectivity index is 1.57. The van der Waals surface area contributed by atoms with Crippen LogP contribution in [0.4, 0.5) is 0 Å². The van der Waals surface area contributed by atoms with Gasteiger partial charge in [-0.15, -0.1) is 0 Å². The molecular formula is C64H100N18O13S. The highest BCUT2D eigenvalue weighted by Crippen LogP contribution is 2.24. The molecule has 96 heavy (non-hydrogen) atoms. The van der Waals surface area contributed by atoms with Gasteiger partial charge in [-0.1, -0.05) is 74.5 Å². The number of nitrogens with two attached hydrogens (primary N) is 7. The third kappa shape index (κ3) is 26.7. The minimum absolute atomic E-state index is 0.0728. The molecule has 10 atom stereocenters. The molecule has 32 heteroatoms. The van der Waals surface area contributed by atoms with Crippen LogP contribution >= 0.6 is 11.8 Å². The molecule has 2 heterocycles. The molecule has 31 nitrogen and oxygen atoms in total. The number of rotatable bonds is 42. The Bertz CT molecular complexity index is 3020. The summed E-state index contributed by atoms with van der Waals surface area (Å²) in [5.74, 6) is -9.89. The van der Waals surface area contributed by atoms with Gasteiger partial charge in [0.1, 0.15) is 53.9 Å². The van der Waals surface area contributed by atoms with Crippen molar-refractivity contribution < 1.29 is 62.3 Å². The highest BCUT2D eigenvalue weighted by atomic mass is 32.2. The first-order valence-corrected chi connectivity index (χ1v) is 33.9. The summed E-state index contributed by atoms with van der Waals surface area (Å²) in [6.45, 7) is 5.35. The lowest BCUT2D eigenvalue weighted by Gasteiger charge is -2.32. The van der Waals surface area contributed by atoms with Gasteiger partial charge >= 0.3 is 0 Å². The zero-order valence-electron chi connectivity index (χ0n) is 55.4. The van der Waals surface area contributed by atoms with E-state index in [9.17, 15) is 62.3 Å². The summed E-state index contributed by atoms with van der Waals surface area (Å²) >= 11 is 1.45. The van der Waals surface area contributed by atoms with Crippen molar-refractivity contribution in [1.82, 2.24) is 52.3 Å². The number of aliphatic imine (C=N–C) groups is 1. The van der Waals surface area contributed by atoms with Crippen LogP contribution in [-0.4, -0.2) is 197 Å². The average Bonchev–Trinajstić information content (AvgIpc) is 1.48. The lowest BCUT2D eigenvalue weighted by Crippen LogP contribution is -2.62. The summed E-state index contributed by atoms with van der Waals surface area (Å²) in [6, 6.07) is 5.59. The van der Waals surface area contributed by atoms with Crippen molar-refractivity contribution in [2.24, 2.45) is 51.0 Å². The Kier molecular flexibility index (Phi) is 33.5. The molecule has 0 unspecified atom stereocenters. The van der Waals surface area contributed by atoms with Crippen LogP contribution in [0.25, 0.3) is 0 Å². The highest BCUT2D eigenvalue weighted by molar-refractivity contribution is 7.98. The number of hydrogen-bond acceptors (Lipinski definition) is 17. The van der Waals surface area contributed by atoms with Crippen LogP contribution in [0.1, 0.15) is 128 Å². The number of unbranched alkanes of at least 4 members (excludes halogenated alkanes) is 1. The van der Waals surface area contributed by atoms with Crippen molar-refractivity contribution >= 4 is 94.5 Å². The Hall–Kier alpha value is -8.91. The van der Waals surface area contributed by atoms with Gasteiger partial charge in [0.15, 0.2) is 5.96 Å². The third-order valence-electron chi connectivity index (χ3n) is 16.4. The number of primary amides is 3. The monoisotopic (exact) mass is 1360 g/mol. The number of carbonyl (C=O) groups excluding carboxylic acids is 13. The number of nitrogens with one attached hydrogen (secondary N) is 8. The van der Waals surface area contributed by atoms with E-state index in [-0.39, 0.29) is 83.0 Å². The first kappa shape index (κ1) is 79.5. The number of benzene rings is 2. The number of likely N-dealkylation sites (tertiary alicyclic amines) is 2. The van der Waals surface area contributed by atoms with Gasteiger partial charge in [0, 0.05) is 45.3 Å². The maximum Gasteiger partial charge on any atom is 0.246 e. The Morgan fingerprint density at radius 3 is 1.56 bits per heavy atom.